The van der Waals surface area contributed by atoms with Crippen LogP contribution in [0.1, 0.15) is 5.56 Å². The monoisotopic (exact) mass is 345 g/mol. The predicted octanol–water partition coefficient (Wildman–Crippen LogP) is 1.30. The number of rotatable bonds is 7. The first-order valence-electron chi connectivity index (χ1n) is 7.56. The number of hydrogen-bond acceptors (Lipinski definition) is 5. The van der Waals surface area contributed by atoms with Gasteiger partial charge >= 0.3 is 0 Å². The Hall–Kier alpha value is -2.30. The lowest BCUT2D eigenvalue weighted by atomic mass is 10.1. The number of amides is 2. The minimum absolute atomic E-state index is 0.0185. The molecule has 1 aromatic carbocycles. The molecule has 0 spiro atoms. The Balaban J connectivity index is 2.02. The first-order chi connectivity index (χ1) is 11.7. The second kappa shape index (κ2) is 9.11. The van der Waals surface area contributed by atoms with Gasteiger partial charge in [-0.3, -0.25) is 9.59 Å². The molecule has 1 aromatic rings. The summed E-state index contributed by atoms with van der Waals surface area (Å²) in [6.45, 7) is 1.11. The van der Waals surface area contributed by atoms with E-state index in [9.17, 15) is 14.9 Å². The van der Waals surface area contributed by atoms with Crippen molar-refractivity contribution in [2.45, 2.75) is 6.42 Å². The van der Waals surface area contributed by atoms with Crippen LogP contribution in [0, 0.1) is 11.3 Å². The summed E-state index contributed by atoms with van der Waals surface area (Å²) in [5.74, 6) is -0.327. The third-order valence-electron chi connectivity index (χ3n) is 3.49. The van der Waals surface area contributed by atoms with Crippen molar-refractivity contribution in [1.82, 2.24) is 10.2 Å². The van der Waals surface area contributed by atoms with E-state index < -0.39 is 5.91 Å². The predicted molar refractivity (Wildman–Crippen MR) is 91.8 cm³/mol. The molecule has 6 nitrogen and oxygen atoms in total. The molecule has 0 aliphatic carbocycles. The standard InChI is InChI=1S/C17H19N3O3S/c1-23-10-9-20-15(21)12-24-17(20)14(11-18)16(22)19-8-7-13-5-3-2-4-6-13/h2-6H,7-10,12H2,1H3,(H,19,22). The molecule has 0 bridgehead atoms. The van der Waals surface area contributed by atoms with E-state index in [1.165, 1.54) is 16.7 Å². The van der Waals surface area contributed by atoms with Gasteiger partial charge < -0.3 is 15.0 Å². The molecule has 0 radical (unpaired) electrons. The molecule has 1 saturated heterocycles. The Kier molecular flexibility index (Phi) is 6.85. The summed E-state index contributed by atoms with van der Waals surface area (Å²) in [6, 6.07) is 11.7. The van der Waals surface area contributed by atoms with Crippen molar-refractivity contribution in [3.8, 4) is 6.07 Å². The molecule has 0 atom stereocenters. The van der Waals surface area contributed by atoms with E-state index >= 15 is 0 Å². The van der Waals surface area contributed by atoms with E-state index in [0.717, 1.165) is 5.56 Å². The Morgan fingerprint density at radius 3 is 2.83 bits per heavy atom. The second-order valence-electron chi connectivity index (χ2n) is 5.11. The third kappa shape index (κ3) is 4.60. The highest BCUT2D eigenvalue weighted by Gasteiger charge is 2.31. The molecule has 2 rings (SSSR count). The summed E-state index contributed by atoms with van der Waals surface area (Å²) in [4.78, 5) is 25.7. The lowest BCUT2D eigenvalue weighted by Gasteiger charge is -2.17. The van der Waals surface area contributed by atoms with Crippen LogP contribution in [0.25, 0.3) is 0 Å². The van der Waals surface area contributed by atoms with E-state index in [0.29, 0.717) is 31.1 Å². The normalized spacial score (nSPS) is 16.0. The molecular formula is C17H19N3O3S. The SMILES string of the molecule is COCCN1C(=O)CSC1=C(C#N)C(=O)NCCc1ccccc1. The smallest absolute Gasteiger partial charge is 0.264 e. The van der Waals surface area contributed by atoms with Crippen LogP contribution in [0.5, 0.6) is 0 Å². The summed E-state index contributed by atoms with van der Waals surface area (Å²) in [5.41, 5.74) is 1.09. The zero-order chi connectivity index (χ0) is 17.4. The zero-order valence-electron chi connectivity index (χ0n) is 13.4. The topological polar surface area (TPSA) is 82.4 Å². The van der Waals surface area contributed by atoms with Gasteiger partial charge in [0.15, 0.2) is 0 Å². The third-order valence-corrected chi connectivity index (χ3v) is 4.58. The zero-order valence-corrected chi connectivity index (χ0v) is 14.3. The lowest BCUT2D eigenvalue weighted by molar-refractivity contribution is -0.125. The maximum absolute atomic E-state index is 12.3. The number of carbonyl (C=O) groups is 2. The van der Waals surface area contributed by atoms with Gasteiger partial charge in [0.05, 0.1) is 12.4 Å². The molecule has 126 valence electrons. The Morgan fingerprint density at radius 1 is 1.42 bits per heavy atom. The quantitative estimate of drug-likeness (QED) is 0.595. The Bertz CT molecular complexity index is 667. The van der Waals surface area contributed by atoms with E-state index in [4.69, 9.17) is 4.74 Å². The molecule has 24 heavy (non-hydrogen) atoms. The number of hydrogen-bond donors (Lipinski definition) is 1. The number of thioether (sulfide) groups is 1. The van der Waals surface area contributed by atoms with Gasteiger partial charge in [-0.05, 0) is 12.0 Å². The van der Waals surface area contributed by atoms with Crippen molar-refractivity contribution >= 4 is 23.6 Å². The Labute approximate surface area is 145 Å². The van der Waals surface area contributed by atoms with Gasteiger partial charge in [0.2, 0.25) is 5.91 Å². The molecular weight excluding hydrogens is 326 g/mol. The van der Waals surface area contributed by atoms with Crippen LogP contribution < -0.4 is 5.32 Å². The molecule has 1 N–H and O–H groups in total. The van der Waals surface area contributed by atoms with Crippen molar-refractivity contribution in [3.63, 3.8) is 0 Å². The average Bonchev–Trinajstić information content (AvgIpc) is 2.95. The van der Waals surface area contributed by atoms with Crippen molar-refractivity contribution in [2.75, 3.05) is 32.6 Å². The van der Waals surface area contributed by atoms with Gasteiger partial charge in [-0.1, -0.05) is 42.1 Å². The highest BCUT2D eigenvalue weighted by atomic mass is 32.2. The molecule has 2 amide bonds. The minimum Gasteiger partial charge on any atom is -0.383 e. The number of nitrogens with zero attached hydrogens (tertiary/aromatic N) is 2. The number of nitrogens with one attached hydrogen (secondary N) is 1. The number of benzene rings is 1. The van der Waals surface area contributed by atoms with E-state index in [1.807, 2.05) is 36.4 Å². The molecule has 1 fully saturated rings. The van der Waals surface area contributed by atoms with Gasteiger partial charge in [0.25, 0.3) is 5.91 Å². The minimum atomic E-state index is -0.451. The van der Waals surface area contributed by atoms with Crippen LogP contribution in [0.4, 0.5) is 0 Å². The van der Waals surface area contributed by atoms with Gasteiger partial charge in [-0.2, -0.15) is 5.26 Å². The summed E-state index contributed by atoms with van der Waals surface area (Å²) in [5, 5.41) is 12.5. The van der Waals surface area contributed by atoms with Crippen LogP contribution in [0.2, 0.25) is 0 Å². The highest BCUT2D eigenvalue weighted by molar-refractivity contribution is 8.04. The number of nitriles is 1. The van der Waals surface area contributed by atoms with Gasteiger partial charge in [-0.25, -0.2) is 0 Å². The Morgan fingerprint density at radius 2 is 2.17 bits per heavy atom. The van der Waals surface area contributed by atoms with Crippen molar-refractivity contribution in [3.05, 3.63) is 46.5 Å². The van der Waals surface area contributed by atoms with Gasteiger partial charge in [0.1, 0.15) is 16.7 Å². The van der Waals surface area contributed by atoms with Crippen LogP contribution in [-0.4, -0.2) is 49.3 Å². The summed E-state index contributed by atoms with van der Waals surface area (Å²) >= 11 is 1.22. The molecule has 1 heterocycles. The lowest BCUT2D eigenvalue weighted by Crippen LogP contribution is -2.32. The first kappa shape index (κ1) is 18.0. The molecule has 1 aliphatic rings. The number of ether oxygens (including phenoxy) is 1. The molecule has 7 heteroatoms. The fourth-order valence-corrected chi connectivity index (χ4v) is 3.31. The van der Waals surface area contributed by atoms with Crippen molar-refractivity contribution < 1.29 is 14.3 Å². The number of methoxy groups -OCH3 is 1. The summed E-state index contributed by atoms with van der Waals surface area (Å²) in [7, 11) is 1.54. The fraction of sp³-hybridized carbons (Fsp3) is 0.353. The fourth-order valence-electron chi connectivity index (χ4n) is 2.26. The first-order valence-corrected chi connectivity index (χ1v) is 8.54. The molecule has 1 aliphatic heterocycles. The summed E-state index contributed by atoms with van der Waals surface area (Å²) in [6.07, 6.45) is 0.681. The van der Waals surface area contributed by atoms with Crippen LogP contribution in [0.3, 0.4) is 0 Å². The van der Waals surface area contributed by atoms with Gasteiger partial charge in [0, 0.05) is 20.2 Å². The summed E-state index contributed by atoms with van der Waals surface area (Å²) < 4.78 is 4.98. The molecule has 0 aromatic heterocycles. The van der Waals surface area contributed by atoms with Crippen molar-refractivity contribution in [2.24, 2.45) is 0 Å². The molecule has 0 saturated carbocycles. The van der Waals surface area contributed by atoms with Crippen molar-refractivity contribution in [1.29, 1.82) is 5.26 Å². The maximum atomic E-state index is 12.3. The van der Waals surface area contributed by atoms with Crippen LogP contribution in [0.15, 0.2) is 40.9 Å². The maximum Gasteiger partial charge on any atom is 0.264 e. The van der Waals surface area contributed by atoms with E-state index in [-0.39, 0.29) is 17.2 Å². The van der Waals surface area contributed by atoms with Gasteiger partial charge in [-0.15, -0.1) is 0 Å². The largest absolute Gasteiger partial charge is 0.383 e. The average molecular weight is 345 g/mol. The number of carbonyl (C=O) groups excluding carboxylic acids is 2. The van der Waals surface area contributed by atoms with E-state index in [2.05, 4.69) is 5.32 Å². The van der Waals surface area contributed by atoms with Crippen LogP contribution in [-0.2, 0) is 20.7 Å². The van der Waals surface area contributed by atoms with E-state index in [1.54, 1.807) is 7.11 Å². The molecule has 0 unspecified atom stereocenters. The van der Waals surface area contributed by atoms with Crippen LogP contribution >= 0.6 is 11.8 Å². The second-order valence-corrected chi connectivity index (χ2v) is 6.07. The highest BCUT2D eigenvalue weighted by Crippen LogP contribution is 2.31.